The highest BCUT2D eigenvalue weighted by molar-refractivity contribution is 6.04. The minimum absolute atomic E-state index is 0.0194. The topological polar surface area (TPSA) is 441 Å². The summed E-state index contributed by atoms with van der Waals surface area (Å²) in [4.78, 5) is 124. The van der Waals surface area contributed by atoms with E-state index in [0.717, 1.165) is 68.1 Å². The van der Waals surface area contributed by atoms with Crippen molar-refractivity contribution in [2.75, 3.05) is 29.2 Å². The predicted molar refractivity (Wildman–Crippen MR) is 358 cm³/mol. The van der Waals surface area contributed by atoms with Crippen LogP contribution in [0.5, 0.6) is 0 Å². The van der Waals surface area contributed by atoms with Crippen molar-refractivity contribution in [3.8, 4) is 18.2 Å². The Balaban J connectivity index is 0.000000161. The van der Waals surface area contributed by atoms with E-state index in [1.165, 1.54) is 43.4 Å². The van der Waals surface area contributed by atoms with Gasteiger partial charge in [0, 0.05) is 106 Å². The minimum Gasteiger partial charge on any atom is -0.458 e. The van der Waals surface area contributed by atoms with Gasteiger partial charge in [0.25, 0.3) is 17.7 Å². The molecule has 3 atom stereocenters. The third-order valence-electron chi connectivity index (χ3n) is 18.0. The molecule has 1 saturated heterocycles. The number of ether oxygens (including phenoxy) is 1. The second kappa shape index (κ2) is 31.4. The standard InChI is InChI=1S/C25H27N5O4.C24H25N5O5.C22H21N5O4/c1-15(23(32)17-5-3-2-4-6-17)18-7-8-20-19(12-18)28-25(30(20)10-9-22(27)31)29-24(33)21-11-16(13-26)14-34-21;1-14(22(31)16-5-8-33-9-6-16)17-2-3-19-18(11-17)27-24(29(19)7-4-21(26)30)28-23(32)20-10-15(12-25)13-34-20;1-12(20(29)14-2-3-14)15-4-5-17-16(9-15)25-22(27(17)7-6-19(24)28)26-21(30)18-8-13(10-23)11-31-18/h7-8,11-12,14-15,17H,2-6,9-10H2,1H3,(H2,27,31)(H,28,29,33);2-3,10-11,13-14,16H,4-9H2,1H3,(H2,26,30)(H,27,28,32);4-5,8-9,11-12,14H,2-3,6-7H2,1H3,(H2,24,28)(H,25,26,30). The number of ketones is 3. The summed E-state index contributed by atoms with van der Waals surface area (Å²) in [5.74, 6) is -2.54. The average Bonchev–Trinajstić information content (AvgIpc) is 1.67. The molecular weight excluding hydrogens is 1270 g/mol. The van der Waals surface area contributed by atoms with E-state index >= 15 is 0 Å². The highest BCUT2D eigenvalue weighted by Crippen LogP contribution is 2.37. The van der Waals surface area contributed by atoms with E-state index in [0.29, 0.717) is 46.3 Å². The largest absolute Gasteiger partial charge is 0.458 e. The summed E-state index contributed by atoms with van der Waals surface area (Å²) >= 11 is 0. The van der Waals surface area contributed by atoms with Crippen LogP contribution < -0.4 is 33.2 Å². The fraction of sp³-hybridized carbons (Fsp3) is 0.366. The number of nitrogens with two attached hydrogens (primary N) is 3. The first-order valence-corrected chi connectivity index (χ1v) is 32.6. The van der Waals surface area contributed by atoms with Crippen molar-refractivity contribution in [1.82, 2.24) is 28.7 Å². The summed E-state index contributed by atoms with van der Waals surface area (Å²) in [6.45, 7) is 7.54. The Hall–Kier alpha value is -11.8. The molecule has 3 fully saturated rings. The molecule has 6 aromatic heterocycles. The lowest BCUT2D eigenvalue weighted by Gasteiger charge is -2.24. The van der Waals surface area contributed by atoms with E-state index in [-0.39, 0.29) is 144 Å². The second-order valence-corrected chi connectivity index (χ2v) is 24.8. The van der Waals surface area contributed by atoms with Crippen LogP contribution in [0.2, 0.25) is 0 Å². The van der Waals surface area contributed by atoms with Crippen LogP contribution in [0.25, 0.3) is 33.1 Å². The number of benzene rings is 3. The molecule has 3 unspecified atom stereocenters. The summed E-state index contributed by atoms with van der Waals surface area (Å²) in [5.41, 5.74) is 23.0. The predicted octanol–water partition coefficient (Wildman–Crippen LogP) is 9.32. The zero-order chi connectivity index (χ0) is 70.6. The Labute approximate surface area is 566 Å². The molecule has 0 spiro atoms. The van der Waals surface area contributed by atoms with Gasteiger partial charge in [-0.25, -0.2) is 15.0 Å². The summed E-state index contributed by atoms with van der Waals surface area (Å²) in [5, 5.41) is 34.8. The number of fused-ring (bicyclic) bond motifs is 3. The van der Waals surface area contributed by atoms with Gasteiger partial charge >= 0.3 is 0 Å². The van der Waals surface area contributed by atoms with E-state index in [9.17, 15) is 43.2 Å². The average molecular weight is 1340 g/mol. The third kappa shape index (κ3) is 16.9. The molecular formula is C71H73N15O13. The molecule has 12 rings (SSSR count). The van der Waals surface area contributed by atoms with Gasteiger partial charge in [-0.05, 0) is 91.6 Å². The van der Waals surface area contributed by atoms with Gasteiger partial charge in [0.1, 0.15) is 54.3 Å². The number of primary amides is 3. The Morgan fingerprint density at radius 1 is 0.455 bits per heavy atom. The molecule has 3 aliphatic rings. The number of hydrogen-bond donors (Lipinski definition) is 6. The van der Waals surface area contributed by atoms with Gasteiger partial charge in [0.15, 0.2) is 17.3 Å². The van der Waals surface area contributed by atoms with Gasteiger partial charge < -0.3 is 48.9 Å². The van der Waals surface area contributed by atoms with E-state index in [1.54, 1.807) is 13.7 Å². The number of imidazole rings is 3. The highest BCUT2D eigenvalue weighted by Gasteiger charge is 2.34. The molecule has 3 aromatic carbocycles. The number of aryl methyl sites for hydroxylation is 3. The van der Waals surface area contributed by atoms with Gasteiger partial charge in [-0.1, -0.05) is 58.2 Å². The monoisotopic (exact) mass is 1340 g/mol. The molecule has 9 N–H and O–H groups in total. The number of nitrogens with one attached hydrogen (secondary N) is 3. The number of aromatic nitrogens is 6. The summed E-state index contributed by atoms with van der Waals surface area (Å²) < 4.78 is 25.8. The van der Waals surface area contributed by atoms with Crippen LogP contribution in [0.3, 0.4) is 0 Å². The van der Waals surface area contributed by atoms with Crippen molar-refractivity contribution in [2.24, 2.45) is 35.0 Å². The maximum atomic E-state index is 13.0. The first-order chi connectivity index (χ1) is 47.6. The fourth-order valence-electron chi connectivity index (χ4n) is 12.2. The zero-order valence-electron chi connectivity index (χ0n) is 54.7. The van der Waals surface area contributed by atoms with Crippen molar-refractivity contribution in [1.29, 1.82) is 15.8 Å². The molecule has 7 heterocycles. The minimum atomic E-state index is -0.583. The normalized spacial score (nSPS) is 14.8. The Kier molecular flexibility index (Phi) is 22.2. The maximum Gasteiger partial charge on any atom is 0.293 e. The smallest absolute Gasteiger partial charge is 0.293 e. The number of anilines is 3. The van der Waals surface area contributed by atoms with Gasteiger partial charge in [-0.3, -0.25) is 59.1 Å². The lowest BCUT2D eigenvalue weighted by atomic mass is 9.80. The van der Waals surface area contributed by atoms with Gasteiger partial charge in [-0.15, -0.1) is 0 Å². The van der Waals surface area contributed by atoms with Gasteiger partial charge in [-0.2, -0.15) is 15.8 Å². The molecule has 0 radical (unpaired) electrons. The number of furan rings is 3. The Morgan fingerprint density at radius 2 is 0.758 bits per heavy atom. The van der Waals surface area contributed by atoms with E-state index in [4.69, 9.17) is 51.0 Å². The first kappa shape index (κ1) is 70.0. The van der Waals surface area contributed by atoms with Gasteiger partial charge in [0.2, 0.25) is 35.6 Å². The number of nitrogens with zero attached hydrogens (tertiary/aromatic N) is 9. The fourth-order valence-corrected chi connectivity index (χ4v) is 12.2. The van der Waals surface area contributed by atoms with Crippen LogP contribution in [-0.2, 0) is 53.1 Å². The molecule has 2 aliphatic carbocycles. The van der Waals surface area contributed by atoms with Crippen LogP contribution >= 0.6 is 0 Å². The van der Waals surface area contributed by atoms with Crippen LogP contribution in [0.1, 0.15) is 181 Å². The molecule has 9 aromatic rings. The summed E-state index contributed by atoms with van der Waals surface area (Å²) in [6.07, 6.45) is 12.4. The number of rotatable bonds is 24. The molecule has 2 saturated carbocycles. The molecule has 28 nitrogen and oxygen atoms in total. The van der Waals surface area contributed by atoms with Crippen LogP contribution in [-0.4, -0.2) is 94.7 Å². The third-order valence-corrected chi connectivity index (χ3v) is 18.0. The van der Waals surface area contributed by atoms with Crippen molar-refractivity contribution in [3.05, 3.63) is 142 Å². The van der Waals surface area contributed by atoms with Crippen molar-refractivity contribution in [3.63, 3.8) is 0 Å². The molecule has 6 amide bonds. The lowest BCUT2D eigenvalue weighted by Crippen LogP contribution is -2.26. The number of hydrogen-bond acceptors (Lipinski definition) is 19. The van der Waals surface area contributed by atoms with Crippen LogP contribution in [0.15, 0.2) is 105 Å². The first-order valence-electron chi connectivity index (χ1n) is 32.6. The lowest BCUT2D eigenvalue weighted by molar-refractivity contribution is -0.127. The number of amides is 6. The number of carbonyl (C=O) groups excluding carboxylic acids is 9. The van der Waals surface area contributed by atoms with E-state index in [2.05, 4.69) is 30.9 Å². The molecule has 1 aliphatic heterocycles. The van der Waals surface area contributed by atoms with Crippen molar-refractivity contribution >= 4 is 104 Å². The summed E-state index contributed by atoms with van der Waals surface area (Å²) in [6, 6.07) is 26.3. The Bertz CT molecular complexity index is 4520. The molecule has 510 valence electrons. The second-order valence-electron chi connectivity index (χ2n) is 24.8. The summed E-state index contributed by atoms with van der Waals surface area (Å²) in [7, 11) is 0. The van der Waals surface area contributed by atoms with Gasteiger partial charge in [0.05, 0.1) is 49.8 Å². The molecule has 28 heteroatoms. The Morgan fingerprint density at radius 3 is 1.04 bits per heavy atom. The number of nitriles is 3. The van der Waals surface area contributed by atoms with Crippen molar-refractivity contribution < 1.29 is 61.1 Å². The molecule has 0 bridgehead atoms. The van der Waals surface area contributed by atoms with Crippen LogP contribution in [0.4, 0.5) is 17.8 Å². The van der Waals surface area contributed by atoms with Crippen LogP contribution in [0, 0.1) is 51.7 Å². The van der Waals surface area contributed by atoms with E-state index in [1.807, 2.05) is 93.6 Å². The molecule has 99 heavy (non-hydrogen) atoms. The maximum absolute atomic E-state index is 13.0. The highest BCUT2D eigenvalue weighted by atomic mass is 16.5. The number of Topliss-reactive ketones (excluding diaryl/α,β-unsaturated/α-hetero) is 3. The van der Waals surface area contributed by atoms with E-state index < -0.39 is 35.4 Å². The SMILES string of the molecule is CC(C(=O)C1CC1)c1ccc2c(c1)nc(NC(=O)c1cc(C#N)co1)n2CCC(N)=O.CC(C(=O)C1CCCCC1)c1ccc2c(c1)nc(NC(=O)c1cc(C#N)co1)n2CCC(N)=O.CC(C(=O)C1CCOCC1)c1ccc2c(c1)nc(NC(=O)c1cc(C#N)co1)n2CCC(N)=O. The number of carbonyl (C=O) groups is 9. The zero-order valence-corrected chi connectivity index (χ0v) is 54.7. The van der Waals surface area contributed by atoms with Crippen molar-refractivity contribution in [2.45, 2.75) is 135 Å². The quantitative estimate of drug-likeness (QED) is 0.0328.